The summed E-state index contributed by atoms with van der Waals surface area (Å²) in [6, 6.07) is 11.3. The first kappa shape index (κ1) is 8.74. The summed E-state index contributed by atoms with van der Waals surface area (Å²) in [6.07, 6.45) is 0. The van der Waals surface area contributed by atoms with Crippen molar-refractivity contribution in [2.24, 2.45) is 0 Å². The van der Waals surface area contributed by atoms with Crippen molar-refractivity contribution in [3.05, 3.63) is 30.3 Å². The molecular formula is C10H14P. The van der Waals surface area contributed by atoms with Crippen molar-refractivity contribution in [3.63, 3.8) is 0 Å². The predicted molar refractivity (Wildman–Crippen MR) is 53.0 cm³/mol. The fourth-order valence-electron chi connectivity index (χ4n) is 0.903. The Kier molecular flexibility index (Phi) is 2.67. The van der Waals surface area contributed by atoms with Crippen LogP contribution in [0, 0.1) is 6.07 Å². The highest BCUT2D eigenvalue weighted by Crippen LogP contribution is 2.28. The third kappa shape index (κ3) is 3.53. The van der Waals surface area contributed by atoms with Crippen LogP contribution >= 0.6 is 8.58 Å². The van der Waals surface area contributed by atoms with Gasteiger partial charge in [-0.05, 0) is 16.5 Å². The summed E-state index contributed by atoms with van der Waals surface area (Å²) in [5, 5.41) is 1.85. The largest absolute Gasteiger partial charge is 0.0849 e. The third-order valence-electron chi connectivity index (χ3n) is 1.24. The van der Waals surface area contributed by atoms with Crippen LogP contribution < -0.4 is 5.30 Å². The molecule has 1 radical (unpaired) electrons. The molecule has 0 amide bonds. The number of rotatable bonds is 1. The van der Waals surface area contributed by atoms with Crippen LogP contribution in [-0.4, -0.2) is 5.16 Å². The zero-order valence-electron chi connectivity index (χ0n) is 7.31. The van der Waals surface area contributed by atoms with E-state index in [1.165, 1.54) is 5.30 Å². The molecule has 59 valence electrons. The molecule has 0 aromatic heterocycles. The Morgan fingerprint density at radius 2 is 1.73 bits per heavy atom. The van der Waals surface area contributed by atoms with Gasteiger partial charge in [0.15, 0.2) is 0 Å². The van der Waals surface area contributed by atoms with Crippen molar-refractivity contribution in [2.45, 2.75) is 25.9 Å². The van der Waals surface area contributed by atoms with Crippen molar-refractivity contribution in [2.75, 3.05) is 0 Å². The summed E-state index contributed by atoms with van der Waals surface area (Å²) in [4.78, 5) is 0. The predicted octanol–water partition coefficient (Wildman–Crippen LogP) is 2.59. The van der Waals surface area contributed by atoms with E-state index >= 15 is 0 Å². The average molecular weight is 165 g/mol. The van der Waals surface area contributed by atoms with Crippen LogP contribution in [0.25, 0.3) is 0 Å². The SMILES string of the molecule is CC(C)(C)Pc1cc[c]cc1. The van der Waals surface area contributed by atoms with Crippen molar-refractivity contribution >= 4 is 13.9 Å². The van der Waals surface area contributed by atoms with Crippen molar-refractivity contribution < 1.29 is 0 Å². The molecular weight excluding hydrogens is 151 g/mol. The Morgan fingerprint density at radius 3 is 2.18 bits per heavy atom. The van der Waals surface area contributed by atoms with Gasteiger partial charge in [0.25, 0.3) is 0 Å². The first-order valence-electron chi connectivity index (χ1n) is 3.82. The summed E-state index contributed by atoms with van der Waals surface area (Å²) in [5.41, 5.74) is 0. The standard InChI is InChI=1S/C10H14P/c1-10(2,3)11-9-7-5-4-6-8-9/h5-8,11H,1-3H3. The Morgan fingerprint density at radius 1 is 1.18 bits per heavy atom. The minimum absolute atomic E-state index is 0.418. The van der Waals surface area contributed by atoms with Gasteiger partial charge in [0, 0.05) is 0 Å². The molecule has 0 N–H and O–H groups in total. The van der Waals surface area contributed by atoms with E-state index in [0.29, 0.717) is 5.16 Å². The number of hydrogen-bond acceptors (Lipinski definition) is 0. The Hall–Kier alpha value is -0.350. The van der Waals surface area contributed by atoms with E-state index < -0.39 is 0 Å². The van der Waals surface area contributed by atoms with Crippen LogP contribution in [0.1, 0.15) is 20.8 Å². The molecule has 0 nitrogen and oxygen atoms in total. The minimum atomic E-state index is 0.418. The highest BCUT2D eigenvalue weighted by atomic mass is 31.1. The van der Waals surface area contributed by atoms with Gasteiger partial charge in [-0.3, -0.25) is 0 Å². The average Bonchev–Trinajstić information content (AvgIpc) is 1.85. The van der Waals surface area contributed by atoms with Gasteiger partial charge in [0.1, 0.15) is 0 Å². The van der Waals surface area contributed by atoms with Crippen LogP contribution in [-0.2, 0) is 0 Å². The molecule has 0 aliphatic heterocycles. The lowest BCUT2D eigenvalue weighted by atomic mass is 10.3. The molecule has 1 atom stereocenters. The first-order chi connectivity index (χ1) is 5.08. The monoisotopic (exact) mass is 165 g/mol. The fourth-order valence-corrected chi connectivity index (χ4v) is 2.10. The summed E-state index contributed by atoms with van der Waals surface area (Å²) in [7, 11) is 0.894. The van der Waals surface area contributed by atoms with E-state index in [9.17, 15) is 0 Å². The molecule has 0 aliphatic rings. The maximum Gasteiger partial charge on any atom is -0.0166 e. The summed E-state index contributed by atoms with van der Waals surface area (Å²) >= 11 is 0. The van der Waals surface area contributed by atoms with E-state index in [1.807, 2.05) is 12.1 Å². The molecule has 0 bridgehead atoms. The smallest absolute Gasteiger partial charge is 0.0166 e. The topological polar surface area (TPSA) is 0 Å². The lowest BCUT2D eigenvalue weighted by Gasteiger charge is -2.17. The Bertz CT molecular complexity index is 208. The van der Waals surface area contributed by atoms with Crippen molar-refractivity contribution in [1.82, 2.24) is 0 Å². The normalized spacial score (nSPS) is 12.6. The molecule has 1 unspecified atom stereocenters. The lowest BCUT2D eigenvalue weighted by Crippen LogP contribution is -2.10. The lowest BCUT2D eigenvalue weighted by molar-refractivity contribution is 0.799. The molecule has 0 saturated carbocycles. The van der Waals surface area contributed by atoms with E-state index in [1.54, 1.807) is 0 Å². The van der Waals surface area contributed by atoms with E-state index in [-0.39, 0.29) is 0 Å². The molecule has 0 heterocycles. The minimum Gasteiger partial charge on any atom is -0.0849 e. The van der Waals surface area contributed by atoms with Crippen LogP contribution in [0.15, 0.2) is 24.3 Å². The van der Waals surface area contributed by atoms with Gasteiger partial charge in [-0.15, -0.1) is 0 Å². The first-order valence-corrected chi connectivity index (χ1v) is 4.82. The molecule has 1 heteroatoms. The molecule has 0 aliphatic carbocycles. The van der Waals surface area contributed by atoms with E-state index in [4.69, 9.17) is 0 Å². The summed E-state index contributed by atoms with van der Waals surface area (Å²) < 4.78 is 0. The maximum absolute atomic E-state index is 3.02. The van der Waals surface area contributed by atoms with Crippen LogP contribution in [0.3, 0.4) is 0 Å². The molecule has 0 saturated heterocycles. The van der Waals surface area contributed by atoms with Gasteiger partial charge < -0.3 is 0 Å². The highest BCUT2D eigenvalue weighted by molar-refractivity contribution is 7.48. The van der Waals surface area contributed by atoms with Gasteiger partial charge in [-0.2, -0.15) is 0 Å². The Balaban J connectivity index is 2.66. The summed E-state index contributed by atoms with van der Waals surface area (Å²) in [6.45, 7) is 6.80. The third-order valence-corrected chi connectivity index (χ3v) is 2.61. The quantitative estimate of drug-likeness (QED) is 0.561. The maximum atomic E-state index is 3.02. The fraction of sp³-hybridized carbons (Fsp3) is 0.400. The zero-order valence-corrected chi connectivity index (χ0v) is 8.31. The van der Waals surface area contributed by atoms with E-state index in [2.05, 4.69) is 39.0 Å². The summed E-state index contributed by atoms with van der Waals surface area (Å²) in [5.74, 6) is 0. The second kappa shape index (κ2) is 3.36. The molecule has 1 aromatic carbocycles. The number of hydrogen-bond donors (Lipinski definition) is 0. The molecule has 11 heavy (non-hydrogen) atoms. The zero-order chi connectivity index (χ0) is 8.32. The van der Waals surface area contributed by atoms with Crippen LogP contribution in [0.2, 0.25) is 0 Å². The van der Waals surface area contributed by atoms with Crippen molar-refractivity contribution in [3.8, 4) is 0 Å². The van der Waals surface area contributed by atoms with Crippen molar-refractivity contribution in [1.29, 1.82) is 0 Å². The second-order valence-electron chi connectivity index (χ2n) is 3.66. The van der Waals surface area contributed by atoms with Gasteiger partial charge in [-0.25, -0.2) is 0 Å². The molecule has 1 rings (SSSR count). The van der Waals surface area contributed by atoms with E-state index in [0.717, 1.165) is 8.58 Å². The second-order valence-corrected chi connectivity index (χ2v) is 5.99. The van der Waals surface area contributed by atoms with Gasteiger partial charge >= 0.3 is 0 Å². The van der Waals surface area contributed by atoms with Gasteiger partial charge in [0.05, 0.1) is 0 Å². The number of benzene rings is 1. The van der Waals surface area contributed by atoms with Gasteiger partial charge in [0.2, 0.25) is 0 Å². The molecule has 1 aromatic rings. The molecule has 0 spiro atoms. The van der Waals surface area contributed by atoms with Crippen LogP contribution in [0.4, 0.5) is 0 Å². The molecule has 0 fully saturated rings. The Labute approximate surface area is 70.8 Å². The van der Waals surface area contributed by atoms with Gasteiger partial charge in [-0.1, -0.05) is 53.6 Å². The highest BCUT2D eigenvalue weighted by Gasteiger charge is 2.09. The van der Waals surface area contributed by atoms with Crippen LogP contribution in [0.5, 0.6) is 0 Å².